The van der Waals surface area contributed by atoms with E-state index in [2.05, 4.69) is 5.32 Å². The number of amides is 2. The van der Waals surface area contributed by atoms with Gasteiger partial charge >= 0.3 is 0 Å². The molecule has 1 unspecified atom stereocenters. The van der Waals surface area contributed by atoms with Gasteiger partial charge in [0.1, 0.15) is 12.6 Å². The van der Waals surface area contributed by atoms with Crippen LogP contribution in [0.3, 0.4) is 0 Å². The molecule has 0 radical (unpaired) electrons. The van der Waals surface area contributed by atoms with Gasteiger partial charge in [-0.2, -0.15) is 0 Å². The van der Waals surface area contributed by atoms with Crippen LogP contribution in [0.4, 0.5) is 5.69 Å². The number of rotatable bonds is 12. The first kappa shape index (κ1) is 30.5. The quantitative estimate of drug-likeness (QED) is 0.288. The number of halogens is 2. The van der Waals surface area contributed by atoms with Crippen molar-refractivity contribution in [1.82, 2.24) is 10.2 Å². The third-order valence-electron chi connectivity index (χ3n) is 6.29. The number of hydrogen-bond donors (Lipinski definition) is 1. The largest absolute Gasteiger partial charge is 0.354 e. The highest BCUT2D eigenvalue weighted by molar-refractivity contribution is 7.92. The summed E-state index contributed by atoms with van der Waals surface area (Å²) in [7, 11) is -4.12. The lowest BCUT2D eigenvalue weighted by atomic mass is 10.1. The van der Waals surface area contributed by atoms with Gasteiger partial charge in [-0.05, 0) is 61.2 Å². The lowest BCUT2D eigenvalue weighted by Gasteiger charge is -2.33. The van der Waals surface area contributed by atoms with Crippen molar-refractivity contribution in [3.63, 3.8) is 0 Å². The number of aryl methyl sites for hydroxylation is 1. The Balaban J connectivity index is 2.07. The molecule has 0 fully saturated rings. The van der Waals surface area contributed by atoms with Crippen molar-refractivity contribution in [2.24, 2.45) is 0 Å². The Bertz CT molecular complexity index is 1400. The van der Waals surface area contributed by atoms with Gasteiger partial charge in [0.15, 0.2) is 0 Å². The van der Waals surface area contributed by atoms with Gasteiger partial charge in [0, 0.05) is 23.1 Å². The number of nitrogens with one attached hydrogen (secondary N) is 1. The second kappa shape index (κ2) is 13.8. The molecule has 0 bridgehead atoms. The molecule has 39 heavy (non-hydrogen) atoms. The first-order valence-corrected chi connectivity index (χ1v) is 14.9. The van der Waals surface area contributed by atoms with E-state index < -0.39 is 28.5 Å². The maximum atomic E-state index is 14.0. The molecule has 3 rings (SSSR count). The summed E-state index contributed by atoms with van der Waals surface area (Å²) in [5.74, 6) is -0.853. The van der Waals surface area contributed by atoms with Gasteiger partial charge in [0.25, 0.3) is 10.0 Å². The molecule has 0 spiro atoms. The van der Waals surface area contributed by atoms with E-state index in [-0.39, 0.29) is 17.3 Å². The predicted octanol–water partition coefficient (Wildman–Crippen LogP) is 5.83. The Morgan fingerprint density at radius 3 is 2.23 bits per heavy atom. The molecular weight excluding hydrogens is 557 g/mol. The normalized spacial score (nSPS) is 12.0. The summed E-state index contributed by atoms with van der Waals surface area (Å²) >= 11 is 12.5. The molecule has 3 aromatic carbocycles. The van der Waals surface area contributed by atoms with Crippen molar-refractivity contribution in [3.8, 4) is 0 Å². The van der Waals surface area contributed by atoms with Crippen LogP contribution in [0.1, 0.15) is 37.8 Å². The molecular formula is C29H33Cl2N3O4S. The second-order valence-corrected chi connectivity index (χ2v) is 11.8. The average molecular weight is 591 g/mol. The van der Waals surface area contributed by atoms with Crippen LogP contribution in [-0.4, -0.2) is 44.3 Å². The topological polar surface area (TPSA) is 86.8 Å². The number of carbonyl (C=O) groups excluding carboxylic acids is 2. The van der Waals surface area contributed by atoms with Crippen LogP contribution >= 0.6 is 23.2 Å². The summed E-state index contributed by atoms with van der Waals surface area (Å²) in [5.41, 5.74) is 1.65. The van der Waals surface area contributed by atoms with Crippen molar-refractivity contribution in [3.05, 3.63) is 94.0 Å². The third-order valence-corrected chi connectivity index (χ3v) is 8.65. The van der Waals surface area contributed by atoms with Gasteiger partial charge in [-0.15, -0.1) is 0 Å². The number of nitrogens with zero attached hydrogens (tertiary/aromatic N) is 2. The molecule has 0 heterocycles. The molecule has 3 aromatic rings. The fourth-order valence-electron chi connectivity index (χ4n) is 4.20. The van der Waals surface area contributed by atoms with Crippen molar-refractivity contribution >= 4 is 50.7 Å². The Labute approximate surface area is 240 Å². The molecule has 0 saturated carbocycles. The number of para-hydroxylation sites is 1. The Hall–Kier alpha value is -3.07. The predicted molar refractivity (Wildman–Crippen MR) is 157 cm³/mol. The highest BCUT2D eigenvalue weighted by Gasteiger charge is 2.34. The molecule has 0 aliphatic carbocycles. The molecule has 1 N–H and O–H groups in total. The van der Waals surface area contributed by atoms with E-state index in [1.54, 1.807) is 74.5 Å². The van der Waals surface area contributed by atoms with Crippen molar-refractivity contribution in [1.29, 1.82) is 0 Å². The Kier molecular flexibility index (Phi) is 10.8. The Morgan fingerprint density at radius 1 is 0.949 bits per heavy atom. The minimum Gasteiger partial charge on any atom is -0.354 e. The van der Waals surface area contributed by atoms with Crippen LogP contribution in [0.15, 0.2) is 77.7 Å². The minimum absolute atomic E-state index is 0.000115. The number of carbonyl (C=O) groups is 2. The summed E-state index contributed by atoms with van der Waals surface area (Å²) in [6.07, 6.45) is 1.05. The van der Waals surface area contributed by atoms with Gasteiger partial charge < -0.3 is 10.2 Å². The molecule has 0 saturated heterocycles. The fourth-order valence-corrected chi connectivity index (χ4v) is 6.16. The third kappa shape index (κ3) is 7.53. The van der Waals surface area contributed by atoms with Gasteiger partial charge in [0.05, 0.1) is 10.6 Å². The summed E-state index contributed by atoms with van der Waals surface area (Å²) in [6.45, 7) is 5.47. The SMILES string of the molecule is CCCNC(=O)C(CC)N(Cc1ccc(Cl)cc1Cl)C(=O)CN(c1ccccc1C)S(=O)(=O)c1ccccc1. The van der Waals surface area contributed by atoms with E-state index in [9.17, 15) is 18.0 Å². The zero-order valence-electron chi connectivity index (χ0n) is 22.2. The summed E-state index contributed by atoms with van der Waals surface area (Å²) in [6, 6.07) is 19.0. The van der Waals surface area contributed by atoms with Crippen LogP contribution in [-0.2, 0) is 26.2 Å². The minimum atomic E-state index is -4.12. The first-order valence-electron chi connectivity index (χ1n) is 12.7. The second-order valence-electron chi connectivity index (χ2n) is 9.08. The summed E-state index contributed by atoms with van der Waals surface area (Å²) in [5, 5.41) is 3.64. The monoisotopic (exact) mass is 589 g/mol. The van der Waals surface area contributed by atoms with E-state index in [1.165, 1.54) is 17.0 Å². The maximum absolute atomic E-state index is 14.0. The van der Waals surface area contributed by atoms with Crippen LogP contribution in [0.2, 0.25) is 10.0 Å². The molecule has 0 aliphatic heterocycles. The molecule has 7 nitrogen and oxygen atoms in total. The van der Waals surface area contributed by atoms with Crippen LogP contribution in [0.25, 0.3) is 0 Å². The number of sulfonamides is 1. The van der Waals surface area contributed by atoms with E-state index in [4.69, 9.17) is 23.2 Å². The standard InChI is InChI=1S/C29H33Cl2N3O4S/c1-4-17-32-29(36)26(5-2)33(19-22-15-16-23(30)18-25(22)31)28(35)20-34(27-14-10-9-11-21(27)3)39(37,38)24-12-7-6-8-13-24/h6-16,18,26H,4-5,17,19-20H2,1-3H3,(H,32,36). The van der Waals surface area contributed by atoms with Gasteiger partial charge in [-0.25, -0.2) is 8.42 Å². The lowest BCUT2D eigenvalue weighted by molar-refractivity contribution is -0.140. The fraction of sp³-hybridized carbons (Fsp3) is 0.310. The molecule has 0 aliphatic rings. The highest BCUT2D eigenvalue weighted by atomic mass is 35.5. The van der Waals surface area contributed by atoms with Crippen LogP contribution in [0.5, 0.6) is 0 Å². The molecule has 208 valence electrons. The molecule has 2 amide bonds. The van der Waals surface area contributed by atoms with Gasteiger partial charge in [-0.1, -0.05) is 79.5 Å². The maximum Gasteiger partial charge on any atom is 0.264 e. The molecule has 10 heteroatoms. The zero-order chi connectivity index (χ0) is 28.6. The lowest BCUT2D eigenvalue weighted by Crippen LogP contribution is -2.52. The number of benzene rings is 3. The molecule has 0 aromatic heterocycles. The summed E-state index contributed by atoms with van der Waals surface area (Å²) in [4.78, 5) is 28.6. The van der Waals surface area contributed by atoms with Crippen LogP contribution < -0.4 is 9.62 Å². The van der Waals surface area contributed by atoms with E-state index in [0.717, 1.165) is 10.7 Å². The number of hydrogen-bond acceptors (Lipinski definition) is 4. The van der Waals surface area contributed by atoms with E-state index in [1.807, 2.05) is 6.92 Å². The molecule has 1 atom stereocenters. The highest BCUT2D eigenvalue weighted by Crippen LogP contribution is 2.28. The first-order chi connectivity index (χ1) is 18.6. The van der Waals surface area contributed by atoms with Crippen molar-refractivity contribution in [2.75, 3.05) is 17.4 Å². The van der Waals surface area contributed by atoms with Gasteiger partial charge in [0.2, 0.25) is 11.8 Å². The Morgan fingerprint density at radius 2 is 1.62 bits per heavy atom. The number of anilines is 1. The average Bonchev–Trinajstić information content (AvgIpc) is 2.92. The van der Waals surface area contributed by atoms with Gasteiger partial charge in [-0.3, -0.25) is 13.9 Å². The zero-order valence-corrected chi connectivity index (χ0v) is 24.6. The van der Waals surface area contributed by atoms with Crippen molar-refractivity contribution < 1.29 is 18.0 Å². The summed E-state index contributed by atoms with van der Waals surface area (Å²) < 4.78 is 28.8. The smallest absolute Gasteiger partial charge is 0.264 e. The van der Waals surface area contributed by atoms with E-state index in [0.29, 0.717) is 39.8 Å². The van der Waals surface area contributed by atoms with Crippen molar-refractivity contribution in [2.45, 2.75) is 51.1 Å². The van der Waals surface area contributed by atoms with E-state index >= 15 is 0 Å². The van der Waals surface area contributed by atoms with Crippen LogP contribution in [0, 0.1) is 6.92 Å².